The Morgan fingerprint density at radius 1 is 1.30 bits per heavy atom. The van der Waals surface area contributed by atoms with Gasteiger partial charge < -0.3 is 15.0 Å². The number of hydrogen-bond donors (Lipinski definition) is 1. The molecule has 1 saturated heterocycles. The number of carbonyl (C=O) groups excluding carboxylic acids is 1. The monoisotopic (exact) mass is 411 g/mol. The molecule has 2 heterocycles. The van der Waals surface area contributed by atoms with Gasteiger partial charge in [0.25, 0.3) is 0 Å². The first-order valence-corrected chi connectivity index (χ1v) is 11.8. The summed E-state index contributed by atoms with van der Waals surface area (Å²) in [4.78, 5) is 19.0. The fraction of sp³-hybridized carbons (Fsp3) is 0.556. The van der Waals surface area contributed by atoms with E-state index in [4.69, 9.17) is 4.74 Å². The molecule has 9 heteroatoms. The molecular weight excluding hydrogens is 386 g/mol. The Balaban J connectivity index is 1.63. The van der Waals surface area contributed by atoms with Crippen LogP contribution < -0.4 is 10.2 Å². The minimum atomic E-state index is -3.37. The first kappa shape index (κ1) is 20.0. The van der Waals surface area contributed by atoms with Crippen molar-refractivity contribution in [3.63, 3.8) is 0 Å². The van der Waals surface area contributed by atoms with Crippen molar-refractivity contribution in [1.29, 1.82) is 0 Å². The number of fused-ring (bicyclic) bond motifs is 1. The van der Waals surface area contributed by atoms with Crippen LogP contribution in [-0.2, 0) is 19.4 Å². The summed E-state index contributed by atoms with van der Waals surface area (Å²) in [5, 5.41) is 3.64. The van der Waals surface area contributed by atoms with E-state index in [2.05, 4.69) is 15.2 Å². The zero-order chi connectivity index (χ0) is 19.3. The predicted molar refractivity (Wildman–Crippen MR) is 109 cm³/mol. The van der Waals surface area contributed by atoms with Crippen molar-refractivity contribution in [2.24, 2.45) is 0 Å². The zero-order valence-corrected chi connectivity index (χ0v) is 17.1. The Bertz CT molecular complexity index is 889. The lowest BCUT2D eigenvalue weighted by molar-refractivity contribution is -0.113. The number of nitrogens with zero attached hydrogens (tertiary/aromatic N) is 2. The van der Waals surface area contributed by atoms with Crippen molar-refractivity contribution in [2.45, 2.75) is 26.2 Å². The molecule has 2 aromatic rings. The SMILES string of the molecule is CCCCCS(=O)(=O)CC(=O)Nc1ccc2nc(N3CCOCC3)sc2c1. The van der Waals surface area contributed by atoms with Gasteiger partial charge in [0, 0.05) is 18.8 Å². The summed E-state index contributed by atoms with van der Waals surface area (Å²) >= 11 is 1.56. The van der Waals surface area contributed by atoms with E-state index >= 15 is 0 Å². The quantitative estimate of drug-likeness (QED) is 0.672. The van der Waals surface area contributed by atoms with Crippen molar-refractivity contribution in [2.75, 3.05) is 48.0 Å². The number of carbonyl (C=O) groups is 1. The lowest BCUT2D eigenvalue weighted by atomic mass is 10.3. The Morgan fingerprint density at radius 3 is 2.81 bits per heavy atom. The standard InChI is InChI=1S/C18H25N3O4S2/c1-2-3-4-11-27(23,24)13-17(22)19-14-5-6-15-16(12-14)26-18(20-15)21-7-9-25-10-8-21/h5-6,12H,2-4,7-11,13H2,1H3,(H,19,22). The maximum atomic E-state index is 12.1. The molecule has 0 saturated carbocycles. The molecule has 1 amide bonds. The summed E-state index contributed by atoms with van der Waals surface area (Å²) < 4.78 is 30.4. The van der Waals surface area contributed by atoms with Gasteiger partial charge in [-0.05, 0) is 24.6 Å². The first-order chi connectivity index (χ1) is 13.0. The van der Waals surface area contributed by atoms with Gasteiger partial charge in [-0.2, -0.15) is 0 Å². The van der Waals surface area contributed by atoms with Crippen LogP contribution in [0.15, 0.2) is 18.2 Å². The topological polar surface area (TPSA) is 88.6 Å². The number of amides is 1. The van der Waals surface area contributed by atoms with E-state index in [0.717, 1.165) is 41.3 Å². The number of morpholine rings is 1. The zero-order valence-electron chi connectivity index (χ0n) is 15.4. The first-order valence-electron chi connectivity index (χ1n) is 9.20. The molecule has 0 spiro atoms. The van der Waals surface area contributed by atoms with Gasteiger partial charge in [0.2, 0.25) is 5.91 Å². The summed E-state index contributed by atoms with van der Waals surface area (Å²) in [6, 6.07) is 5.45. The lowest BCUT2D eigenvalue weighted by Crippen LogP contribution is -2.36. The second kappa shape index (κ2) is 8.99. The second-order valence-corrected chi connectivity index (χ2v) is 9.82. The minimum absolute atomic E-state index is 0.0606. The molecule has 1 fully saturated rings. The average molecular weight is 412 g/mol. The molecule has 0 atom stereocenters. The van der Waals surface area contributed by atoms with Crippen LogP contribution in [0.1, 0.15) is 26.2 Å². The third kappa shape index (κ3) is 5.63. The number of rotatable bonds is 8. The number of anilines is 2. The van der Waals surface area contributed by atoms with Crippen LogP contribution in [-0.4, -0.2) is 57.1 Å². The molecule has 1 N–H and O–H groups in total. The van der Waals surface area contributed by atoms with Crippen LogP contribution in [0.2, 0.25) is 0 Å². The highest BCUT2D eigenvalue weighted by Crippen LogP contribution is 2.31. The van der Waals surface area contributed by atoms with Gasteiger partial charge in [0.05, 0.1) is 29.2 Å². The van der Waals surface area contributed by atoms with Gasteiger partial charge in [0.1, 0.15) is 5.75 Å². The van der Waals surface area contributed by atoms with Crippen molar-refractivity contribution >= 4 is 48.1 Å². The van der Waals surface area contributed by atoms with E-state index in [9.17, 15) is 13.2 Å². The van der Waals surface area contributed by atoms with E-state index in [1.807, 2.05) is 19.1 Å². The lowest BCUT2D eigenvalue weighted by Gasteiger charge is -2.25. The number of aromatic nitrogens is 1. The minimum Gasteiger partial charge on any atom is -0.378 e. The van der Waals surface area contributed by atoms with Crippen molar-refractivity contribution in [3.05, 3.63) is 18.2 Å². The highest BCUT2D eigenvalue weighted by Gasteiger charge is 2.18. The van der Waals surface area contributed by atoms with Gasteiger partial charge >= 0.3 is 0 Å². The Kier molecular flexibility index (Phi) is 6.67. The molecule has 1 aromatic heterocycles. The van der Waals surface area contributed by atoms with Gasteiger partial charge in [-0.1, -0.05) is 31.1 Å². The fourth-order valence-electron chi connectivity index (χ4n) is 2.92. The van der Waals surface area contributed by atoms with Crippen molar-refractivity contribution < 1.29 is 17.9 Å². The van der Waals surface area contributed by atoms with E-state index in [1.54, 1.807) is 17.4 Å². The third-order valence-corrected chi connectivity index (χ3v) is 7.04. The van der Waals surface area contributed by atoms with E-state index in [1.165, 1.54) is 0 Å². The number of sulfone groups is 1. The molecule has 3 rings (SSSR count). The summed E-state index contributed by atoms with van der Waals surface area (Å²) in [7, 11) is -3.37. The maximum Gasteiger partial charge on any atom is 0.239 e. The molecule has 27 heavy (non-hydrogen) atoms. The Labute approximate surface area is 163 Å². The Hall–Kier alpha value is -1.71. The van der Waals surface area contributed by atoms with Gasteiger partial charge in [-0.3, -0.25) is 4.79 Å². The molecule has 7 nitrogen and oxygen atoms in total. The number of thiazole rings is 1. The van der Waals surface area contributed by atoms with Gasteiger partial charge in [0.15, 0.2) is 15.0 Å². The summed E-state index contributed by atoms with van der Waals surface area (Å²) in [6.07, 6.45) is 2.40. The predicted octanol–water partition coefficient (Wildman–Crippen LogP) is 2.68. The molecule has 1 aliphatic rings. The van der Waals surface area contributed by atoms with Crippen LogP contribution in [0.25, 0.3) is 10.2 Å². The largest absolute Gasteiger partial charge is 0.378 e. The van der Waals surface area contributed by atoms with Crippen LogP contribution in [0.3, 0.4) is 0 Å². The molecule has 0 bridgehead atoms. The normalized spacial score (nSPS) is 15.2. The number of ether oxygens (including phenoxy) is 1. The summed E-state index contributed by atoms with van der Waals surface area (Å²) in [5.41, 5.74) is 1.46. The van der Waals surface area contributed by atoms with E-state index in [0.29, 0.717) is 25.3 Å². The maximum absolute atomic E-state index is 12.1. The van der Waals surface area contributed by atoms with Crippen molar-refractivity contribution in [1.82, 2.24) is 4.98 Å². The number of unbranched alkanes of at least 4 members (excludes halogenated alkanes) is 2. The van der Waals surface area contributed by atoms with Crippen LogP contribution in [0, 0.1) is 0 Å². The van der Waals surface area contributed by atoms with Crippen molar-refractivity contribution in [3.8, 4) is 0 Å². The number of hydrogen-bond acceptors (Lipinski definition) is 7. The fourth-order valence-corrected chi connectivity index (χ4v) is 5.24. The average Bonchev–Trinajstić information content (AvgIpc) is 3.05. The van der Waals surface area contributed by atoms with Gasteiger partial charge in [-0.15, -0.1) is 0 Å². The molecule has 0 unspecified atom stereocenters. The highest BCUT2D eigenvalue weighted by molar-refractivity contribution is 7.92. The molecule has 0 radical (unpaired) electrons. The molecule has 1 aromatic carbocycles. The molecule has 1 aliphatic heterocycles. The highest BCUT2D eigenvalue weighted by atomic mass is 32.2. The summed E-state index contributed by atoms with van der Waals surface area (Å²) in [5.74, 6) is -0.912. The van der Waals surface area contributed by atoms with E-state index < -0.39 is 21.5 Å². The third-order valence-electron chi connectivity index (χ3n) is 4.35. The molecule has 0 aliphatic carbocycles. The second-order valence-electron chi connectivity index (χ2n) is 6.63. The Morgan fingerprint density at radius 2 is 2.07 bits per heavy atom. The molecular formula is C18H25N3O4S2. The van der Waals surface area contributed by atoms with Gasteiger partial charge in [-0.25, -0.2) is 13.4 Å². The summed E-state index contributed by atoms with van der Waals surface area (Å²) in [6.45, 7) is 5.05. The van der Waals surface area contributed by atoms with Crippen LogP contribution in [0.5, 0.6) is 0 Å². The van der Waals surface area contributed by atoms with Crippen LogP contribution >= 0.6 is 11.3 Å². The van der Waals surface area contributed by atoms with Crippen LogP contribution in [0.4, 0.5) is 10.8 Å². The molecule has 148 valence electrons. The smallest absolute Gasteiger partial charge is 0.239 e. The number of benzene rings is 1. The number of nitrogens with one attached hydrogen (secondary N) is 1. The van der Waals surface area contributed by atoms with E-state index in [-0.39, 0.29) is 5.75 Å².